The molecule has 1 aliphatic heterocycles. The van der Waals surface area contributed by atoms with Crippen LogP contribution in [-0.2, 0) is 11.2 Å². The summed E-state index contributed by atoms with van der Waals surface area (Å²) in [5.74, 6) is -0.184. The number of aliphatic hydroxyl groups is 1. The van der Waals surface area contributed by atoms with E-state index < -0.39 is 0 Å². The predicted octanol–water partition coefficient (Wildman–Crippen LogP) is 6.08. The van der Waals surface area contributed by atoms with E-state index in [2.05, 4.69) is 4.99 Å². The molecule has 0 bridgehead atoms. The number of aryl methyl sites for hydroxylation is 1. The molecule has 6 rings (SSSR count). The molecule has 3 aromatic heterocycles. The molecule has 0 saturated heterocycles. The Kier molecular flexibility index (Phi) is 6.25. The predicted molar refractivity (Wildman–Crippen MR) is 145 cm³/mol. The normalized spacial score (nSPS) is 15.2. The van der Waals surface area contributed by atoms with E-state index in [9.17, 15) is 9.50 Å². The molecule has 38 heavy (non-hydrogen) atoms. The van der Waals surface area contributed by atoms with E-state index in [-0.39, 0.29) is 24.3 Å². The first-order valence-electron chi connectivity index (χ1n) is 12.3. The summed E-state index contributed by atoms with van der Waals surface area (Å²) in [6.45, 7) is 4.00. The van der Waals surface area contributed by atoms with Crippen LogP contribution in [0.5, 0.6) is 0 Å². The molecule has 192 valence electrons. The molecule has 0 saturated carbocycles. The van der Waals surface area contributed by atoms with Crippen LogP contribution in [0, 0.1) is 18.6 Å². The Balaban J connectivity index is 1.42. The number of hydrogen-bond donors (Lipinski definition) is 1. The standard InChI is InChI=1S/C29H24F2N4O2S/c1-3-23-27(35-12-18(6-11-25(35)33-23)28-32-20(13-36)14-37-28)22-10-9-21(16(2)26(22)31)29-34-24(15-38-29)17-4-7-19(30)8-5-17/h4-12,15,20,36H,3,13-14H2,1-2H3. The zero-order valence-corrected chi connectivity index (χ0v) is 21.6. The maximum Gasteiger partial charge on any atom is 0.218 e. The van der Waals surface area contributed by atoms with Crippen molar-refractivity contribution in [2.45, 2.75) is 26.3 Å². The summed E-state index contributed by atoms with van der Waals surface area (Å²) in [5.41, 5.74) is 6.07. The lowest BCUT2D eigenvalue weighted by atomic mass is 10.0. The van der Waals surface area contributed by atoms with Crippen molar-refractivity contribution in [1.82, 2.24) is 14.4 Å². The SMILES string of the molecule is CCc1nc2ccc(C3=NC(CO)CO3)cn2c1-c1ccc(-c2nc(-c3ccc(F)cc3)cs2)c(C)c1F. The molecule has 0 fully saturated rings. The van der Waals surface area contributed by atoms with Crippen LogP contribution in [0.25, 0.3) is 38.7 Å². The lowest BCUT2D eigenvalue weighted by Gasteiger charge is -2.12. The first-order chi connectivity index (χ1) is 18.5. The molecule has 6 nitrogen and oxygen atoms in total. The van der Waals surface area contributed by atoms with Gasteiger partial charge in [-0.1, -0.05) is 13.0 Å². The van der Waals surface area contributed by atoms with Crippen molar-refractivity contribution in [1.29, 1.82) is 0 Å². The van der Waals surface area contributed by atoms with Crippen molar-refractivity contribution in [3.8, 4) is 33.1 Å². The minimum Gasteiger partial charge on any atom is -0.475 e. The summed E-state index contributed by atoms with van der Waals surface area (Å²) >= 11 is 1.42. The highest BCUT2D eigenvalue weighted by atomic mass is 32.1. The Morgan fingerprint density at radius 2 is 1.79 bits per heavy atom. The number of rotatable bonds is 6. The number of thiazole rings is 1. The lowest BCUT2D eigenvalue weighted by Crippen LogP contribution is -2.10. The van der Waals surface area contributed by atoms with Gasteiger partial charge in [0.05, 0.1) is 29.3 Å². The minimum absolute atomic E-state index is 0.0800. The van der Waals surface area contributed by atoms with Gasteiger partial charge < -0.3 is 9.84 Å². The molecule has 0 aliphatic carbocycles. The van der Waals surface area contributed by atoms with Gasteiger partial charge in [-0.25, -0.2) is 23.7 Å². The molecule has 5 aromatic rings. The number of halogens is 2. The van der Waals surface area contributed by atoms with E-state index >= 15 is 4.39 Å². The van der Waals surface area contributed by atoms with Gasteiger partial charge in [0, 0.05) is 28.3 Å². The van der Waals surface area contributed by atoms with Crippen molar-refractivity contribution in [2.24, 2.45) is 4.99 Å². The van der Waals surface area contributed by atoms with Crippen molar-refractivity contribution in [3.63, 3.8) is 0 Å². The van der Waals surface area contributed by atoms with Gasteiger partial charge in [0.1, 0.15) is 34.9 Å². The quantitative estimate of drug-likeness (QED) is 0.289. The summed E-state index contributed by atoms with van der Waals surface area (Å²) in [7, 11) is 0. The summed E-state index contributed by atoms with van der Waals surface area (Å²) < 4.78 is 36.9. The molecule has 0 radical (unpaired) electrons. The summed E-state index contributed by atoms with van der Waals surface area (Å²) in [6.07, 6.45) is 2.48. The molecule has 1 aliphatic rings. The van der Waals surface area contributed by atoms with Crippen LogP contribution in [0.1, 0.15) is 23.7 Å². The molecule has 2 aromatic carbocycles. The number of aliphatic hydroxyl groups excluding tert-OH is 1. The third-order valence-electron chi connectivity index (χ3n) is 6.71. The third kappa shape index (κ3) is 4.17. The smallest absolute Gasteiger partial charge is 0.218 e. The number of benzene rings is 2. The molecular weight excluding hydrogens is 506 g/mol. The van der Waals surface area contributed by atoms with Crippen LogP contribution in [0.15, 0.2) is 65.1 Å². The number of ether oxygens (including phenoxy) is 1. The number of nitrogens with zero attached hydrogens (tertiary/aromatic N) is 4. The maximum absolute atomic E-state index is 16.0. The highest BCUT2D eigenvalue weighted by Crippen LogP contribution is 2.37. The van der Waals surface area contributed by atoms with Crippen molar-refractivity contribution in [3.05, 3.63) is 88.6 Å². The van der Waals surface area contributed by atoms with Gasteiger partial charge in [0.25, 0.3) is 0 Å². The van der Waals surface area contributed by atoms with Crippen molar-refractivity contribution in [2.75, 3.05) is 13.2 Å². The largest absolute Gasteiger partial charge is 0.475 e. The highest BCUT2D eigenvalue weighted by molar-refractivity contribution is 7.13. The molecular formula is C29H24F2N4O2S. The summed E-state index contributed by atoms with van der Waals surface area (Å²) in [5, 5.41) is 12.0. The van der Waals surface area contributed by atoms with Crippen molar-refractivity contribution >= 4 is 22.9 Å². The van der Waals surface area contributed by atoms with Crippen LogP contribution < -0.4 is 0 Å². The van der Waals surface area contributed by atoms with Crippen LogP contribution in [0.4, 0.5) is 8.78 Å². The van der Waals surface area contributed by atoms with Crippen LogP contribution in [0.3, 0.4) is 0 Å². The Hall–Kier alpha value is -3.95. The van der Waals surface area contributed by atoms with E-state index in [0.717, 1.165) is 22.5 Å². The molecule has 1 N–H and O–H groups in total. The number of imidazole rings is 1. The van der Waals surface area contributed by atoms with Crippen LogP contribution >= 0.6 is 11.3 Å². The van der Waals surface area contributed by atoms with E-state index in [0.29, 0.717) is 52.0 Å². The van der Waals surface area contributed by atoms with Gasteiger partial charge in [0.15, 0.2) is 0 Å². The number of aliphatic imine (C=N–C) groups is 1. The minimum atomic E-state index is -0.335. The Labute approximate surface area is 221 Å². The topological polar surface area (TPSA) is 72.0 Å². The van der Waals surface area contributed by atoms with Crippen LogP contribution in [0.2, 0.25) is 0 Å². The van der Waals surface area contributed by atoms with Gasteiger partial charge in [-0.3, -0.25) is 4.40 Å². The number of hydrogen-bond acceptors (Lipinski definition) is 6. The second-order valence-electron chi connectivity index (χ2n) is 9.13. The fourth-order valence-electron chi connectivity index (χ4n) is 4.67. The van der Waals surface area contributed by atoms with Gasteiger partial charge in [-0.05, 0) is 61.4 Å². The monoisotopic (exact) mass is 530 g/mol. The van der Waals surface area contributed by atoms with E-state index in [1.54, 1.807) is 25.1 Å². The lowest BCUT2D eigenvalue weighted by molar-refractivity contribution is 0.227. The molecule has 1 unspecified atom stereocenters. The molecule has 1 atom stereocenters. The summed E-state index contributed by atoms with van der Waals surface area (Å²) in [6, 6.07) is 13.3. The van der Waals surface area contributed by atoms with Gasteiger partial charge in [0.2, 0.25) is 5.90 Å². The van der Waals surface area contributed by atoms with Crippen molar-refractivity contribution < 1.29 is 18.6 Å². The number of aromatic nitrogens is 3. The molecule has 4 heterocycles. The van der Waals surface area contributed by atoms with E-state index in [1.165, 1.54) is 23.5 Å². The first-order valence-corrected chi connectivity index (χ1v) is 13.2. The van der Waals surface area contributed by atoms with Gasteiger partial charge in [-0.15, -0.1) is 11.3 Å². The third-order valence-corrected chi connectivity index (χ3v) is 7.59. The second kappa shape index (κ2) is 9.74. The number of fused-ring (bicyclic) bond motifs is 1. The van der Waals surface area contributed by atoms with Crippen LogP contribution in [-0.4, -0.2) is 44.6 Å². The Morgan fingerprint density at radius 3 is 2.53 bits per heavy atom. The first kappa shape index (κ1) is 24.4. The number of pyridine rings is 1. The Morgan fingerprint density at radius 1 is 1.03 bits per heavy atom. The molecule has 0 amide bonds. The second-order valence-corrected chi connectivity index (χ2v) is 9.99. The average Bonchev–Trinajstić information content (AvgIpc) is 3.69. The Bertz CT molecular complexity index is 1690. The summed E-state index contributed by atoms with van der Waals surface area (Å²) in [4.78, 5) is 13.9. The highest BCUT2D eigenvalue weighted by Gasteiger charge is 2.23. The molecule has 0 spiro atoms. The molecule has 9 heteroatoms. The zero-order chi connectivity index (χ0) is 26.4. The van der Waals surface area contributed by atoms with E-state index in [4.69, 9.17) is 14.7 Å². The maximum atomic E-state index is 16.0. The zero-order valence-electron chi connectivity index (χ0n) is 20.8. The van der Waals surface area contributed by atoms with Gasteiger partial charge >= 0.3 is 0 Å². The van der Waals surface area contributed by atoms with E-state index in [1.807, 2.05) is 41.1 Å². The van der Waals surface area contributed by atoms with Gasteiger partial charge in [-0.2, -0.15) is 0 Å². The fraction of sp³-hybridized carbons (Fsp3) is 0.207. The average molecular weight is 531 g/mol. The fourth-order valence-corrected chi connectivity index (χ4v) is 5.58.